The third kappa shape index (κ3) is 4.81. The number of thiazole rings is 1. The number of hydrogen-bond donors (Lipinski definition) is 0. The molecule has 0 aliphatic rings. The standard InChI is InChI=1S/C19H14F4N2O3S/c1-3-7-28-18(27)13(10-24)17-25(4-2)16(26)15(29-17)9-11-8-12(19(21,22)23)5-6-14(11)20/h3,5-6,8-9H,1,4,7H2,2H3/b15-9-,17-13-. The van der Waals surface area contributed by atoms with Crippen LogP contribution < -0.4 is 14.8 Å². The maximum atomic E-state index is 14.0. The molecule has 0 aliphatic carbocycles. The van der Waals surface area contributed by atoms with Crippen LogP contribution in [0.5, 0.6) is 0 Å². The quantitative estimate of drug-likeness (QED) is 0.418. The Morgan fingerprint density at radius 2 is 2.10 bits per heavy atom. The average molecular weight is 426 g/mol. The van der Waals surface area contributed by atoms with Crippen LogP contribution in [-0.2, 0) is 22.3 Å². The van der Waals surface area contributed by atoms with Gasteiger partial charge in [-0.05, 0) is 31.2 Å². The van der Waals surface area contributed by atoms with Crippen molar-refractivity contribution in [2.45, 2.75) is 19.6 Å². The fourth-order valence-corrected chi connectivity index (χ4v) is 3.50. The Morgan fingerprint density at radius 3 is 2.66 bits per heavy atom. The second kappa shape index (κ2) is 8.87. The van der Waals surface area contributed by atoms with Crippen molar-refractivity contribution in [3.8, 4) is 6.07 Å². The molecular weight excluding hydrogens is 412 g/mol. The van der Waals surface area contributed by atoms with Gasteiger partial charge in [-0.25, -0.2) is 9.18 Å². The van der Waals surface area contributed by atoms with Crippen LogP contribution in [0.2, 0.25) is 0 Å². The number of carbonyl (C=O) groups is 1. The summed E-state index contributed by atoms with van der Waals surface area (Å²) in [6.45, 7) is 4.88. The SMILES string of the molecule is C=CCOC(=O)/C(C#N)=c1\s/c(=C\c2cc(C(F)(F)F)ccc2F)c(=O)n1CC. The highest BCUT2D eigenvalue weighted by molar-refractivity contribution is 7.07. The second-order valence-electron chi connectivity index (χ2n) is 5.57. The lowest BCUT2D eigenvalue weighted by Crippen LogP contribution is -2.32. The van der Waals surface area contributed by atoms with Crippen LogP contribution >= 0.6 is 11.3 Å². The smallest absolute Gasteiger partial charge is 0.416 e. The molecule has 0 amide bonds. The van der Waals surface area contributed by atoms with Gasteiger partial charge in [0.1, 0.15) is 23.2 Å². The number of aromatic nitrogens is 1. The van der Waals surface area contributed by atoms with E-state index in [1.807, 2.05) is 0 Å². The third-order valence-electron chi connectivity index (χ3n) is 3.70. The number of hydrogen-bond acceptors (Lipinski definition) is 5. The van der Waals surface area contributed by atoms with Crippen molar-refractivity contribution < 1.29 is 27.1 Å². The maximum Gasteiger partial charge on any atom is 0.416 e. The van der Waals surface area contributed by atoms with Crippen molar-refractivity contribution in [1.82, 2.24) is 4.57 Å². The van der Waals surface area contributed by atoms with Gasteiger partial charge in [-0.3, -0.25) is 9.36 Å². The lowest BCUT2D eigenvalue weighted by molar-refractivity contribution is -0.137. The van der Waals surface area contributed by atoms with Crippen molar-refractivity contribution in [1.29, 1.82) is 5.26 Å². The molecule has 10 heteroatoms. The molecule has 5 nitrogen and oxygen atoms in total. The molecule has 0 aliphatic heterocycles. The van der Waals surface area contributed by atoms with Crippen LogP contribution in [0.25, 0.3) is 11.6 Å². The highest BCUT2D eigenvalue weighted by Crippen LogP contribution is 2.30. The molecular formula is C19H14F4N2O3S. The van der Waals surface area contributed by atoms with Gasteiger partial charge in [0.2, 0.25) is 0 Å². The van der Waals surface area contributed by atoms with Gasteiger partial charge in [0.05, 0.1) is 10.1 Å². The summed E-state index contributed by atoms with van der Waals surface area (Å²) in [6.07, 6.45) is -2.43. The molecule has 1 heterocycles. The summed E-state index contributed by atoms with van der Waals surface area (Å²) in [5.74, 6) is -1.93. The summed E-state index contributed by atoms with van der Waals surface area (Å²) >= 11 is 0.683. The molecule has 0 atom stereocenters. The molecule has 0 radical (unpaired) electrons. The number of nitrogens with zero attached hydrogens (tertiary/aromatic N) is 2. The molecule has 2 rings (SSSR count). The van der Waals surface area contributed by atoms with Crippen LogP contribution in [0.3, 0.4) is 0 Å². The van der Waals surface area contributed by atoms with Crippen molar-refractivity contribution in [3.05, 3.63) is 67.3 Å². The minimum absolute atomic E-state index is 0.0345. The first-order chi connectivity index (χ1) is 13.6. The van der Waals surface area contributed by atoms with Gasteiger partial charge < -0.3 is 4.74 Å². The Labute approximate surface area is 166 Å². The van der Waals surface area contributed by atoms with Crippen LogP contribution in [0.1, 0.15) is 18.1 Å². The fraction of sp³-hybridized carbons (Fsp3) is 0.211. The van der Waals surface area contributed by atoms with E-state index in [1.54, 1.807) is 13.0 Å². The zero-order valence-electron chi connectivity index (χ0n) is 15.0. The van der Waals surface area contributed by atoms with E-state index in [4.69, 9.17) is 4.74 Å². The molecule has 2 aromatic rings. The van der Waals surface area contributed by atoms with Gasteiger partial charge in [-0.15, -0.1) is 11.3 Å². The van der Waals surface area contributed by atoms with E-state index in [0.29, 0.717) is 29.5 Å². The summed E-state index contributed by atoms with van der Waals surface area (Å²) < 4.78 is 58.4. The lowest BCUT2D eigenvalue weighted by atomic mass is 10.1. The van der Waals surface area contributed by atoms with E-state index >= 15 is 0 Å². The largest absolute Gasteiger partial charge is 0.457 e. The van der Waals surface area contributed by atoms with E-state index in [2.05, 4.69) is 6.58 Å². The van der Waals surface area contributed by atoms with Gasteiger partial charge in [0.15, 0.2) is 5.57 Å². The molecule has 0 spiro atoms. The number of esters is 1. The molecule has 1 aromatic heterocycles. The minimum atomic E-state index is -4.68. The Bertz CT molecular complexity index is 1170. The van der Waals surface area contributed by atoms with Crippen molar-refractivity contribution in [2.75, 3.05) is 6.61 Å². The molecule has 152 valence electrons. The van der Waals surface area contributed by atoms with Crippen LogP contribution in [0.4, 0.5) is 17.6 Å². The van der Waals surface area contributed by atoms with Crippen LogP contribution in [-0.4, -0.2) is 17.1 Å². The molecule has 29 heavy (non-hydrogen) atoms. The van der Waals surface area contributed by atoms with Gasteiger partial charge in [-0.2, -0.15) is 18.4 Å². The monoisotopic (exact) mass is 426 g/mol. The predicted octanol–water partition coefficient (Wildman–Crippen LogP) is 2.32. The minimum Gasteiger partial charge on any atom is -0.457 e. The molecule has 0 bridgehead atoms. The van der Waals surface area contributed by atoms with Gasteiger partial charge in [0.25, 0.3) is 5.56 Å². The summed E-state index contributed by atoms with van der Waals surface area (Å²) in [6, 6.07) is 3.49. The van der Waals surface area contributed by atoms with Crippen LogP contribution in [0, 0.1) is 17.1 Å². The third-order valence-corrected chi connectivity index (χ3v) is 4.83. The van der Waals surface area contributed by atoms with E-state index in [0.717, 1.165) is 10.6 Å². The molecule has 0 fully saturated rings. The van der Waals surface area contributed by atoms with Crippen molar-refractivity contribution in [2.24, 2.45) is 0 Å². The Hall–Kier alpha value is -3.19. The first-order valence-corrected chi connectivity index (χ1v) is 8.96. The predicted molar refractivity (Wildman–Crippen MR) is 98.6 cm³/mol. The highest BCUT2D eigenvalue weighted by atomic mass is 32.1. The highest BCUT2D eigenvalue weighted by Gasteiger charge is 2.31. The number of carbonyl (C=O) groups excluding carboxylic acids is 1. The number of benzene rings is 1. The normalized spacial score (nSPS) is 13.0. The molecule has 0 saturated heterocycles. The van der Waals surface area contributed by atoms with E-state index in [9.17, 15) is 32.4 Å². The van der Waals surface area contributed by atoms with Crippen molar-refractivity contribution in [3.63, 3.8) is 0 Å². The van der Waals surface area contributed by atoms with Crippen molar-refractivity contribution >= 4 is 29.0 Å². The van der Waals surface area contributed by atoms with Gasteiger partial charge in [0, 0.05) is 12.1 Å². The molecule has 0 unspecified atom stereocenters. The number of rotatable bonds is 5. The number of alkyl halides is 3. The van der Waals surface area contributed by atoms with E-state index in [1.165, 1.54) is 6.08 Å². The zero-order chi connectivity index (χ0) is 21.8. The van der Waals surface area contributed by atoms with Crippen LogP contribution in [0.15, 0.2) is 35.6 Å². The molecule has 1 aromatic carbocycles. The fourth-order valence-electron chi connectivity index (χ4n) is 2.35. The maximum absolute atomic E-state index is 14.0. The molecule has 0 saturated carbocycles. The summed E-state index contributed by atoms with van der Waals surface area (Å²) in [4.78, 5) is 24.6. The lowest BCUT2D eigenvalue weighted by Gasteiger charge is -2.07. The first kappa shape index (κ1) is 22.1. The summed E-state index contributed by atoms with van der Waals surface area (Å²) in [5.41, 5.74) is -2.63. The van der Waals surface area contributed by atoms with E-state index < -0.39 is 40.2 Å². The number of ether oxygens (including phenoxy) is 1. The zero-order valence-corrected chi connectivity index (χ0v) is 15.9. The average Bonchev–Trinajstić information content (AvgIpc) is 2.96. The van der Waals surface area contributed by atoms with Gasteiger partial charge in [-0.1, -0.05) is 12.7 Å². The topological polar surface area (TPSA) is 72.1 Å². The summed E-state index contributed by atoms with van der Waals surface area (Å²) in [7, 11) is 0. The number of nitriles is 1. The first-order valence-electron chi connectivity index (χ1n) is 8.14. The Kier molecular flexibility index (Phi) is 6.76. The second-order valence-corrected chi connectivity index (χ2v) is 6.60. The Morgan fingerprint density at radius 1 is 1.41 bits per heavy atom. The van der Waals surface area contributed by atoms with Gasteiger partial charge >= 0.3 is 12.1 Å². The molecule has 0 N–H and O–H groups in total. The van der Waals surface area contributed by atoms with E-state index in [-0.39, 0.29) is 22.3 Å². The summed E-state index contributed by atoms with van der Waals surface area (Å²) in [5, 5.41) is 9.31. The Balaban J connectivity index is 2.77. The number of halogens is 4.